The third-order valence-corrected chi connectivity index (χ3v) is 9.56. The number of fused-ring (bicyclic) bond motifs is 2. The van der Waals surface area contributed by atoms with E-state index in [-0.39, 0.29) is 23.6 Å². The van der Waals surface area contributed by atoms with Crippen molar-refractivity contribution in [2.45, 2.75) is 53.0 Å². The average Bonchev–Trinajstić information content (AvgIpc) is 2.86. The number of morpholine rings is 1. The number of methoxy groups -OCH3 is 2. The summed E-state index contributed by atoms with van der Waals surface area (Å²) in [6.45, 7) is 14.2. The van der Waals surface area contributed by atoms with Crippen LogP contribution in [-0.4, -0.2) is 76.5 Å². The number of hydrogen-bond donors (Lipinski definition) is 1. The molecule has 0 radical (unpaired) electrons. The molecule has 5 rings (SSSR count). The Balaban J connectivity index is 0.00000109. The van der Waals surface area contributed by atoms with E-state index >= 15 is 0 Å². The molecule has 6 nitrogen and oxygen atoms in total. The van der Waals surface area contributed by atoms with E-state index in [9.17, 15) is 0 Å². The number of quaternary nitrogens is 1. The highest BCUT2D eigenvalue weighted by atomic mass is 79.9. The summed E-state index contributed by atoms with van der Waals surface area (Å²) in [5.41, 5.74) is 1.81. The van der Waals surface area contributed by atoms with Crippen LogP contribution in [0, 0.1) is 23.2 Å². The van der Waals surface area contributed by atoms with Crippen LogP contribution in [0.25, 0.3) is 0 Å². The molecular formula is C28H47Br2NO5. The van der Waals surface area contributed by atoms with Crippen molar-refractivity contribution in [3.63, 3.8) is 0 Å². The maximum absolute atomic E-state index is 7.57. The Kier molecular flexibility index (Phi) is 13.0. The first-order valence-electron chi connectivity index (χ1n) is 13.3. The van der Waals surface area contributed by atoms with Gasteiger partial charge in [-0.25, -0.2) is 0 Å². The zero-order valence-corrected chi connectivity index (χ0v) is 26.0. The molecule has 3 atom stereocenters. The SMILES string of the molecule is CCO.COc1cc(Br)c(C[N+]2(CCOCCC3CCC4CC3C4(C)C)CCOCC2)cc1OC.[Br-]. The highest BCUT2D eigenvalue weighted by molar-refractivity contribution is 9.10. The fourth-order valence-corrected chi connectivity index (χ4v) is 6.92. The van der Waals surface area contributed by atoms with Crippen molar-refractivity contribution in [1.29, 1.82) is 0 Å². The van der Waals surface area contributed by atoms with E-state index in [0.29, 0.717) is 5.41 Å². The molecule has 0 spiro atoms. The van der Waals surface area contributed by atoms with Crippen molar-refractivity contribution in [2.75, 3.05) is 66.9 Å². The highest BCUT2D eigenvalue weighted by Gasteiger charge is 2.53. The maximum atomic E-state index is 7.57. The first kappa shape index (κ1) is 31.8. The second-order valence-electron chi connectivity index (χ2n) is 11.0. The molecule has 1 saturated heterocycles. The molecule has 3 unspecified atom stereocenters. The van der Waals surface area contributed by atoms with Crippen LogP contribution in [0.15, 0.2) is 16.6 Å². The summed E-state index contributed by atoms with van der Waals surface area (Å²) in [5.74, 6) is 4.30. The molecule has 4 fully saturated rings. The number of ether oxygens (including phenoxy) is 4. The van der Waals surface area contributed by atoms with Gasteiger partial charge in [-0.1, -0.05) is 29.8 Å². The summed E-state index contributed by atoms with van der Waals surface area (Å²) < 4.78 is 25.0. The number of benzene rings is 1. The van der Waals surface area contributed by atoms with Gasteiger partial charge in [0.2, 0.25) is 0 Å². The first-order valence-corrected chi connectivity index (χ1v) is 14.1. The van der Waals surface area contributed by atoms with Crippen molar-refractivity contribution in [3.8, 4) is 11.5 Å². The molecule has 0 aromatic heterocycles. The van der Waals surface area contributed by atoms with Crippen LogP contribution in [0.4, 0.5) is 0 Å². The number of nitrogens with zero attached hydrogens (tertiary/aromatic N) is 1. The largest absolute Gasteiger partial charge is 1.00 e. The Hall–Kier alpha value is -0.380. The van der Waals surface area contributed by atoms with Crippen molar-refractivity contribution in [2.24, 2.45) is 23.2 Å². The summed E-state index contributed by atoms with van der Waals surface area (Å²) in [5, 5.41) is 7.57. The molecule has 1 heterocycles. The van der Waals surface area contributed by atoms with Gasteiger partial charge in [-0.15, -0.1) is 0 Å². The lowest BCUT2D eigenvalue weighted by Crippen LogP contribution is -3.00. The quantitative estimate of drug-likeness (QED) is 0.316. The number of rotatable bonds is 10. The van der Waals surface area contributed by atoms with Gasteiger partial charge in [0, 0.05) is 23.2 Å². The number of aliphatic hydroxyl groups excluding tert-OH is 1. The first-order chi connectivity index (χ1) is 16.8. The van der Waals surface area contributed by atoms with Crippen LogP contribution < -0.4 is 26.5 Å². The fraction of sp³-hybridized carbons (Fsp3) is 0.786. The topological polar surface area (TPSA) is 57.2 Å². The van der Waals surface area contributed by atoms with Crippen LogP contribution in [0.5, 0.6) is 11.5 Å². The number of halogens is 2. The minimum absolute atomic E-state index is 0. The van der Waals surface area contributed by atoms with Crippen LogP contribution in [-0.2, 0) is 16.0 Å². The molecule has 1 aliphatic heterocycles. The fourth-order valence-electron chi connectivity index (χ4n) is 6.47. The molecule has 2 bridgehead atoms. The molecule has 4 aliphatic rings. The van der Waals surface area contributed by atoms with Gasteiger partial charge in [0.05, 0.1) is 34.0 Å². The lowest BCUT2D eigenvalue weighted by molar-refractivity contribution is -0.947. The van der Waals surface area contributed by atoms with Gasteiger partial charge in [0.1, 0.15) is 26.2 Å². The second kappa shape index (κ2) is 14.7. The summed E-state index contributed by atoms with van der Waals surface area (Å²) >= 11 is 3.75. The molecule has 36 heavy (non-hydrogen) atoms. The second-order valence-corrected chi connectivity index (χ2v) is 11.9. The summed E-state index contributed by atoms with van der Waals surface area (Å²) in [6, 6.07) is 4.12. The average molecular weight is 637 g/mol. The summed E-state index contributed by atoms with van der Waals surface area (Å²) in [6.07, 6.45) is 5.52. The van der Waals surface area contributed by atoms with Crippen LogP contribution in [0.2, 0.25) is 0 Å². The maximum Gasteiger partial charge on any atom is 0.161 e. The van der Waals surface area contributed by atoms with Crippen LogP contribution in [0.3, 0.4) is 0 Å². The molecule has 208 valence electrons. The minimum Gasteiger partial charge on any atom is -1.00 e. The van der Waals surface area contributed by atoms with Gasteiger partial charge < -0.3 is 45.5 Å². The van der Waals surface area contributed by atoms with E-state index in [4.69, 9.17) is 24.1 Å². The zero-order chi connectivity index (χ0) is 25.5. The normalized spacial score (nSPS) is 25.5. The Morgan fingerprint density at radius 2 is 1.72 bits per heavy atom. The third kappa shape index (κ3) is 7.60. The van der Waals surface area contributed by atoms with E-state index in [0.717, 1.165) is 90.8 Å². The molecule has 1 N–H and O–H groups in total. The van der Waals surface area contributed by atoms with Gasteiger partial charge in [-0.05, 0) is 67.9 Å². The van der Waals surface area contributed by atoms with Crippen LogP contribution in [0.1, 0.15) is 52.0 Å². The molecule has 1 aromatic rings. The van der Waals surface area contributed by atoms with Gasteiger partial charge in [0.15, 0.2) is 11.5 Å². The number of aliphatic hydroxyl groups is 1. The van der Waals surface area contributed by atoms with Crippen molar-refractivity contribution >= 4 is 15.9 Å². The van der Waals surface area contributed by atoms with E-state index in [1.807, 2.05) is 6.07 Å². The summed E-state index contributed by atoms with van der Waals surface area (Å²) in [7, 11) is 3.37. The summed E-state index contributed by atoms with van der Waals surface area (Å²) in [4.78, 5) is 0. The van der Waals surface area contributed by atoms with Crippen molar-refractivity contribution < 1.29 is 45.5 Å². The van der Waals surface area contributed by atoms with Gasteiger partial charge in [-0.3, -0.25) is 0 Å². The van der Waals surface area contributed by atoms with Crippen LogP contribution >= 0.6 is 15.9 Å². The Morgan fingerprint density at radius 1 is 1.08 bits per heavy atom. The Morgan fingerprint density at radius 3 is 2.31 bits per heavy atom. The van der Waals surface area contributed by atoms with Gasteiger partial charge in [0.25, 0.3) is 0 Å². The van der Waals surface area contributed by atoms with Gasteiger partial charge >= 0.3 is 0 Å². The monoisotopic (exact) mass is 635 g/mol. The highest BCUT2D eigenvalue weighted by Crippen LogP contribution is 2.61. The van der Waals surface area contributed by atoms with Crippen molar-refractivity contribution in [1.82, 2.24) is 0 Å². The van der Waals surface area contributed by atoms with E-state index < -0.39 is 0 Å². The molecule has 1 aromatic carbocycles. The smallest absolute Gasteiger partial charge is 0.161 e. The predicted octanol–water partition coefficient (Wildman–Crippen LogP) is 2.29. The Bertz CT molecular complexity index is 798. The lowest BCUT2D eigenvalue weighted by Gasteiger charge is -2.60. The molecular weight excluding hydrogens is 590 g/mol. The van der Waals surface area contributed by atoms with Crippen molar-refractivity contribution in [3.05, 3.63) is 22.2 Å². The molecule has 8 heteroatoms. The molecule has 3 aliphatic carbocycles. The standard InChI is InChI=1S/C26H41BrNO4.C2H6O.BrH/c1-26(2)21-6-5-19(22(26)16-21)7-11-31-12-8-28(9-13-32-14-10-28)18-20-15-24(29-3)25(30-4)17-23(20)27;1-2-3;/h15,17,19,21-22H,5-14,16,18H2,1-4H3;3H,2H2,1H3;1H/q+1;;/p-1. The minimum atomic E-state index is 0. The lowest BCUT2D eigenvalue weighted by atomic mass is 9.45. The Labute approximate surface area is 237 Å². The van der Waals surface area contributed by atoms with E-state index in [2.05, 4.69) is 35.8 Å². The molecule has 3 saturated carbocycles. The van der Waals surface area contributed by atoms with Gasteiger partial charge in [-0.2, -0.15) is 0 Å². The van der Waals surface area contributed by atoms with E-state index in [1.54, 1.807) is 21.1 Å². The third-order valence-electron chi connectivity index (χ3n) is 8.82. The predicted molar refractivity (Wildman–Crippen MR) is 143 cm³/mol. The number of hydrogen-bond acceptors (Lipinski definition) is 5. The zero-order valence-electron chi connectivity index (χ0n) is 22.9. The molecule has 0 amide bonds. The van der Waals surface area contributed by atoms with E-state index in [1.165, 1.54) is 31.2 Å².